The van der Waals surface area contributed by atoms with Gasteiger partial charge in [0.1, 0.15) is 6.61 Å². The van der Waals surface area contributed by atoms with Crippen LogP contribution in [0.15, 0.2) is 24.4 Å². The van der Waals surface area contributed by atoms with Crippen molar-refractivity contribution in [1.29, 1.82) is 0 Å². The highest BCUT2D eigenvalue weighted by atomic mass is 16.5. The van der Waals surface area contributed by atoms with Gasteiger partial charge in [0.05, 0.1) is 6.10 Å². The van der Waals surface area contributed by atoms with E-state index in [1.165, 1.54) is 0 Å². The minimum absolute atomic E-state index is 0.105. The minimum Gasteiger partial charge on any atom is -0.369 e. The summed E-state index contributed by atoms with van der Waals surface area (Å²) < 4.78 is 5.36. The maximum Gasteiger partial charge on any atom is 0.248 e. The number of piperidine rings is 1. The summed E-state index contributed by atoms with van der Waals surface area (Å²) in [5.41, 5.74) is 1.15. The van der Waals surface area contributed by atoms with Crippen molar-refractivity contribution in [3.63, 3.8) is 0 Å². The van der Waals surface area contributed by atoms with Gasteiger partial charge in [0.15, 0.2) is 0 Å². The summed E-state index contributed by atoms with van der Waals surface area (Å²) in [5, 5.41) is 0. The first-order chi connectivity index (χ1) is 9.16. The van der Waals surface area contributed by atoms with Crippen LogP contribution in [0.3, 0.4) is 0 Å². The van der Waals surface area contributed by atoms with Crippen molar-refractivity contribution < 1.29 is 9.53 Å². The van der Waals surface area contributed by atoms with Crippen LogP contribution in [0.2, 0.25) is 0 Å². The lowest BCUT2D eigenvalue weighted by molar-refractivity contribution is -0.138. The molecule has 0 N–H and O–H groups in total. The Morgan fingerprint density at radius 2 is 2.16 bits per heavy atom. The van der Waals surface area contributed by atoms with Crippen LogP contribution in [0.5, 0.6) is 0 Å². The van der Waals surface area contributed by atoms with E-state index in [2.05, 4.69) is 11.1 Å². The van der Waals surface area contributed by atoms with Gasteiger partial charge in [-0.05, 0) is 38.8 Å². The molecule has 0 bridgehead atoms. The third-order valence-electron chi connectivity index (χ3n) is 3.49. The first-order valence-corrected chi connectivity index (χ1v) is 6.97. The number of rotatable bonds is 4. The van der Waals surface area contributed by atoms with Gasteiger partial charge in [-0.1, -0.05) is 6.07 Å². The highest BCUT2D eigenvalue weighted by Crippen LogP contribution is 2.26. The topological polar surface area (TPSA) is 42.4 Å². The van der Waals surface area contributed by atoms with Crippen LogP contribution < -0.4 is 0 Å². The monoisotopic (exact) mass is 262 g/mol. The second-order valence-corrected chi connectivity index (χ2v) is 5.27. The average Bonchev–Trinajstić information content (AvgIpc) is 2.46. The number of carbonyl (C=O) groups is 1. The zero-order chi connectivity index (χ0) is 13.7. The highest BCUT2D eigenvalue weighted by Gasteiger charge is 2.24. The Labute approximate surface area is 114 Å². The zero-order valence-corrected chi connectivity index (χ0v) is 11.7. The molecule has 4 heteroatoms. The summed E-state index contributed by atoms with van der Waals surface area (Å²) in [7, 11) is 0. The fourth-order valence-electron chi connectivity index (χ4n) is 2.37. The van der Waals surface area contributed by atoms with Gasteiger partial charge in [-0.2, -0.15) is 0 Å². The largest absolute Gasteiger partial charge is 0.369 e. The molecule has 0 unspecified atom stereocenters. The van der Waals surface area contributed by atoms with Gasteiger partial charge in [-0.3, -0.25) is 9.78 Å². The Hall–Kier alpha value is -1.42. The molecule has 0 spiro atoms. The van der Waals surface area contributed by atoms with E-state index in [9.17, 15) is 4.79 Å². The summed E-state index contributed by atoms with van der Waals surface area (Å²) in [5.74, 6) is 0.587. The molecular formula is C15H22N2O2. The zero-order valence-electron chi connectivity index (χ0n) is 11.7. The number of aromatic nitrogens is 1. The van der Waals surface area contributed by atoms with E-state index in [4.69, 9.17) is 4.74 Å². The fourth-order valence-corrected chi connectivity index (χ4v) is 2.37. The first kappa shape index (κ1) is 14.0. The van der Waals surface area contributed by atoms with Gasteiger partial charge in [0, 0.05) is 30.9 Å². The standard InChI is InChI=1S/C15H22N2O2/c1-12(2)19-11-15(18)17-9-6-13(7-10-17)14-5-3-4-8-16-14/h3-5,8,12-13H,6-7,9-11H2,1-2H3. The average molecular weight is 262 g/mol. The van der Waals surface area contributed by atoms with Gasteiger partial charge in [-0.25, -0.2) is 0 Å². The van der Waals surface area contributed by atoms with Gasteiger partial charge in [0.2, 0.25) is 5.91 Å². The molecular weight excluding hydrogens is 240 g/mol. The molecule has 1 fully saturated rings. The second-order valence-electron chi connectivity index (χ2n) is 5.27. The van der Waals surface area contributed by atoms with Crippen LogP contribution in [-0.4, -0.2) is 41.6 Å². The third-order valence-corrected chi connectivity index (χ3v) is 3.49. The molecule has 0 aromatic carbocycles. The summed E-state index contributed by atoms with van der Waals surface area (Å²) in [4.78, 5) is 18.2. The second kappa shape index (κ2) is 6.66. The Morgan fingerprint density at radius 1 is 1.42 bits per heavy atom. The van der Waals surface area contributed by atoms with Crippen molar-refractivity contribution in [2.45, 2.75) is 38.7 Å². The molecule has 1 aliphatic rings. The lowest BCUT2D eigenvalue weighted by Crippen LogP contribution is -2.40. The van der Waals surface area contributed by atoms with Gasteiger partial charge in [0.25, 0.3) is 0 Å². The van der Waals surface area contributed by atoms with E-state index in [0.717, 1.165) is 31.6 Å². The summed E-state index contributed by atoms with van der Waals surface area (Å²) >= 11 is 0. The Morgan fingerprint density at radius 3 is 2.74 bits per heavy atom. The molecule has 0 aliphatic carbocycles. The smallest absolute Gasteiger partial charge is 0.248 e. The predicted octanol–water partition coefficient (Wildman–Crippen LogP) is 2.21. The van der Waals surface area contributed by atoms with E-state index < -0.39 is 0 Å². The van der Waals surface area contributed by atoms with E-state index >= 15 is 0 Å². The molecule has 1 amide bonds. The number of nitrogens with zero attached hydrogens (tertiary/aromatic N) is 2. The number of pyridine rings is 1. The number of hydrogen-bond acceptors (Lipinski definition) is 3. The maximum absolute atomic E-state index is 11.9. The van der Waals surface area contributed by atoms with E-state index in [1.54, 1.807) is 0 Å². The SMILES string of the molecule is CC(C)OCC(=O)N1CCC(c2ccccn2)CC1. The molecule has 1 aromatic rings. The van der Waals surface area contributed by atoms with Gasteiger partial charge >= 0.3 is 0 Å². The molecule has 0 atom stereocenters. The van der Waals surface area contributed by atoms with Crippen molar-refractivity contribution in [3.05, 3.63) is 30.1 Å². The van der Waals surface area contributed by atoms with Crippen molar-refractivity contribution >= 4 is 5.91 Å². The quantitative estimate of drug-likeness (QED) is 0.835. The predicted molar refractivity (Wildman–Crippen MR) is 73.9 cm³/mol. The van der Waals surface area contributed by atoms with Crippen LogP contribution in [0.4, 0.5) is 0 Å². The summed E-state index contributed by atoms with van der Waals surface area (Å²) in [6.45, 7) is 5.70. The van der Waals surface area contributed by atoms with Crippen LogP contribution in [0.1, 0.15) is 38.3 Å². The first-order valence-electron chi connectivity index (χ1n) is 6.97. The Kier molecular flexibility index (Phi) is 4.91. The molecule has 104 valence electrons. The molecule has 0 saturated carbocycles. The van der Waals surface area contributed by atoms with E-state index in [0.29, 0.717) is 5.92 Å². The minimum atomic E-state index is 0.105. The Balaban J connectivity index is 1.81. The number of hydrogen-bond donors (Lipinski definition) is 0. The molecule has 4 nitrogen and oxygen atoms in total. The van der Waals surface area contributed by atoms with Crippen molar-refractivity contribution in [1.82, 2.24) is 9.88 Å². The molecule has 0 radical (unpaired) electrons. The normalized spacial score (nSPS) is 16.9. The van der Waals surface area contributed by atoms with Crippen LogP contribution in [-0.2, 0) is 9.53 Å². The fraction of sp³-hybridized carbons (Fsp3) is 0.600. The maximum atomic E-state index is 11.9. The molecule has 2 rings (SSSR count). The number of carbonyl (C=O) groups excluding carboxylic acids is 1. The molecule has 1 aliphatic heterocycles. The molecule has 19 heavy (non-hydrogen) atoms. The van der Waals surface area contributed by atoms with E-state index in [1.807, 2.05) is 37.1 Å². The number of ether oxygens (including phenoxy) is 1. The van der Waals surface area contributed by atoms with Crippen LogP contribution in [0, 0.1) is 0 Å². The van der Waals surface area contributed by atoms with Crippen molar-refractivity contribution in [3.8, 4) is 0 Å². The molecule has 2 heterocycles. The van der Waals surface area contributed by atoms with Crippen LogP contribution >= 0.6 is 0 Å². The third kappa shape index (κ3) is 4.03. The lowest BCUT2D eigenvalue weighted by Gasteiger charge is -2.31. The Bertz CT molecular complexity index is 398. The van der Waals surface area contributed by atoms with Crippen LogP contribution in [0.25, 0.3) is 0 Å². The van der Waals surface area contributed by atoms with Gasteiger partial charge in [-0.15, -0.1) is 0 Å². The highest BCUT2D eigenvalue weighted by molar-refractivity contribution is 5.77. The summed E-state index contributed by atoms with van der Waals surface area (Å²) in [6.07, 6.45) is 3.92. The van der Waals surface area contributed by atoms with Crippen molar-refractivity contribution in [2.75, 3.05) is 19.7 Å². The van der Waals surface area contributed by atoms with Crippen molar-refractivity contribution in [2.24, 2.45) is 0 Å². The lowest BCUT2D eigenvalue weighted by atomic mass is 9.93. The van der Waals surface area contributed by atoms with E-state index in [-0.39, 0.29) is 18.6 Å². The molecule has 1 aromatic heterocycles. The molecule has 1 saturated heterocycles. The van der Waals surface area contributed by atoms with Gasteiger partial charge < -0.3 is 9.64 Å². The summed E-state index contributed by atoms with van der Waals surface area (Å²) in [6, 6.07) is 6.03. The number of amides is 1. The number of likely N-dealkylation sites (tertiary alicyclic amines) is 1.